The van der Waals surface area contributed by atoms with E-state index in [1.165, 1.54) is 13.0 Å². The third-order valence-corrected chi connectivity index (χ3v) is 0.721. The number of halogens is 3. The van der Waals surface area contributed by atoms with Gasteiger partial charge < -0.3 is 0 Å². The van der Waals surface area contributed by atoms with Gasteiger partial charge in [-0.1, -0.05) is 6.58 Å². The molecular formula is C7H7F3. The Labute approximate surface area is 57.4 Å². The van der Waals surface area contributed by atoms with Crippen LogP contribution in [0.25, 0.3) is 0 Å². The van der Waals surface area contributed by atoms with Gasteiger partial charge in [0.15, 0.2) is 0 Å². The van der Waals surface area contributed by atoms with Gasteiger partial charge in [0.05, 0.1) is 0 Å². The van der Waals surface area contributed by atoms with Gasteiger partial charge in [-0.05, 0) is 18.6 Å². The zero-order chi connectivity index (χ0) is 8.20. The first kappa shape index (κ1) is 9.05. The van der Waals surface area contributed by atoms with Gasteiger partial charge in [-0.2, -0.15) is 13.2 Å². The lowest BCUT2D eigenvalue weighted by Crippen LogP contribution is -2.01. The third kappa shape index (κ3) is 5.19. The fourth-order valence-corrected chi connectivity index (χ4v) is 0.461. The fraction of sp³-hybridized carbons (Fsp3) is 0.286. The molecule has 0 spiro atoms. The van der Waals surface area contributed by atoms with Crippen molar-refractivity contribution in [3.63, 3.8) is 0 Å². The molecule has 0 rings (SSSR count). The normalized spacial score (nSPS) is 12.6. The van der Waals surface area contributed by atoms with E-state index >= 15 is 0 Å². The molecule has 10 heavy (non-hydrogen) atoms. The Kier molecular flexibility index (Phi) is 2.97. The van der Waals surface area contributed by atoms with Crippen LogP contribution in [-0.2, 0) is 0 Å². The molecule has 0 fully saturated rings. The largest absolute Gasteiger partial charge is 0.410 e. The highest BCUT2D eigenvalue weighted by molar-refractivity contribution is 5.16. The molecule has 0 bridgehead atoms. The summed E-state index contributed by atoms with van der Waals surface area (Å²) in [5.41, 5.74) is 2.35. The van der Waals surface area contributed by atoms with Crippen LogP contribution in [0.4, 0.5) is 13.2 Å². The van der Waals surface area contributed by atoms with Crippen molar-refractivity contribution in [3.8, 4) is 0 Å². The maximum Gasteiger partial charge on any atom is 0.410 e. The van der Waals surface area contributed by atoms with E-state index < -0.39 is 6.18 Å². The van der Waals surface area contributed by atoms with Crippen molar-refractivity contribution >= 4 is 0 Å². The molecule has 0 aromatic rings. The van der Waals surface area contributed by atoms with E-state index in [4.69, 9.17) is 0 Å². The van der Waals surface area contributed by atoms with Crippen molar-refractivity contribution < 1.29 is 13.2 Å². The highest BCUT2D eigenvalue weighted by Gasteiger charge is 2.22. The molecule has 0 amide bonds. The first-order chi connectivity index (χ1) is 4.45. The number of hydrogen-bond acceptors (Lipinski definition) is 0. The predicted molar refractivity (Wildman–Crippen MR) is 33.5 cm³/mol. The van der Waals surface area contributed by atoms with Crippen molar-refractivity contribution in [3.05, 3.63) is 30.0 Å². The zero-order valence-corrected chi connectivity index (χ0v) is 5.50. The molecule has 0 N–H and O–H groups in total. The smallest absolute Gasteiger partial charge is 0.167 e. The van der Waals surface area contributed by atoms with E-state index in [1.54, 1.807) is 0 Å². The van der Waals surface area contributed by atoms with Gasteiger partial charge >= 0.3 is 6.18 Å². The summed E-state index contributed by atoms with van der Waals surface area (Å²) in [7, 11) is 0. The second-order valence-electron chi connectivity index (χ2n) is 1.78. The molecule has 3 heteroatoms. The summed E-state index contributed by atoms with van der Waals surface area (Å²) < 4.78 is 34.5. The lowest BCUT2D eigenvalue weighted by Gasteiger charge is -1.97. The quantitative estimate of drug-likeness (QED) is 0.396. The van der Waals surface area contributed by atoms with Gasteiger partial charge in [0.2, 0.25) is 0 Å². The summed E-state index contributed by atoms with van der Waals surface area (Å²) in [5, 5.41) is 0. The summed E-state index contributed by atoms with van der Waals surface area (Å²) in [6, 6.07) is 0. The Bertz CT molecular complexity index is 180. The number of alkyl halides is 3. The van der Waals surface area contributed by atoms with E-state index in [9.17, 15) is 13.2 Å². The molecule has 0 aromatic heterocycles. The van der Waals surface area contributed by atoms with Crippen molar-refractivity contribution in [2.45, 2.75) is 13.1 Å². The number of rotatable bonds is 1. The molecule has 0 aliphatic carbocycles. The van der Waals surface area contributed by atoms with Crippen LogP contribution in [0.15, 0.2) is 30.0 Å². The van der Waals surface area contributed by atoms with Crippen molar-refractivity contribution in [2.75, 3.05) is 0 Å². The number of hydrogen-bond donors (Lipinski definition) is 0. The van der Waals surface area contributed by atoms with Crippen LogP contribution in [0.5, 0.6) is 0 Å². The second kappa shape index (κ2) is 3.28. The van der Waals surface area contributed by atoms with Gasteiger partial charge in [0.1, 0.15) is 0 Å². The van der Waals surface area contributed by atoms with E-state index in [0.29, 0.717) is 0 Å². The van der Waals surface area contributed by atoms with Crippen molar-refractivity contribution in [1.82, 2.24) is 0 Å². The van der Waals surface area contributed by atoms with E-state index in [0.717, 1.165) is 0 Å². The minimum Gasteiger partial charge on any atom is -0.167 e. The molecular weight excluding hydrogens is 141 g/mol. The Balaban J connectivity index is 4.31. The van der Waals surface area contributed by atoms with Gasteiger partial charge in [-0.3, -0.25) is 0 Å². The average Bonchev–Trinajstić information content (AvgIpc) is 1.59. The summed E-state index contributed by atoms with van der Waals surface area (Å²) in [6.07, 6.45) is -2.86. The summed E-state index contributed by atoms with van der Waals surface area (Å²) in [6.45, 7) is 4.48. The molecule has 0 saturated heterocycles. The van der Waals surface area contributed by atoms with Crippen LogP contribution < -0.4 is 0 Å². The predicted octanol–water partition coefficient (Wildman–Crippen LogP) is 2.84. The summed E-state index contributed by atoms with van der Waals surface area (Å²) >= 11 is 0. The Morgan fingerprint density at radius 1 is 1.50 bits per heavy atom. The standard InChI is InChI=1S/C7H7F3/c1-3-4-6(2)5-7(8,9)10/h4-5H,1H2,2H3. The van der Waals surface area contributed by atoms with Gasteiger partial charge in [-0.25, -0.2) is 0 Å². The fourth-order valence-electron chi connectivity index (χ4n) is 0.461. The van der Waals surface area contributed by atoms with E-state index in [2.05, 4.69) is 12.3 Å². The monoisotopic (exact) mass is 148 g/mol. The lowest BCUT2D eigenvalue weighted by molar-refractivity contribution is -0.0803. The third-order valence-electron chi connectivity index (χ3n) is 0.721. The first-order valence-electron chi connectivity index (χ1n) is 2.58. The van der Waals surface area contributed by atoms with Crippen LogP contribution in [0.1, 0.15) is 6.92 Å². The first-order valence-corrected chi connectivity index (χ1v) is 2.58. The van der Waals surface area contributed by atoms with Crippen LogP contribution in [0.2, 0.25) is 0 Å². The maximum absolute atomic E-state index is 11.5. The van der Waals surface area contributed by atoms with Gasteiger partial charge in [-0.15, -0.1) is 5.73 Å². The Hall–Kier alpha value is -0.950. The number of allylic oxidation sites excluding steroid dienone is 3. The van der Waals surface area contributed by atoms with Crippen LogP contribution in [-0.4, -0.2) is 6.18 Å². The SMILES string of the molecule is C=C=CC(C)=CC(F)(F)F. The molecule has 0 nitrogen and oxygen atoms in total. The Morgan fingerprint density at radius 2 is 2.00 bits per heavy atom. The molecule has 0 aliphatic heterocycles. The Morgan fingerprint density at radius 3 is 2.30 bits per heavy atom. The molecule has 56 valence electrons. The minimum absolute atomic E-state index is 0.0995. The zero-order valence-electron chi connectivity index (χ0n) is 5.50. The van der Waals surface area contributed by atoms with Crippen LogP contribution >= 0.6 is 0 Å². The van der Waals surface area contributed by atoms with Crippen molar-refractivity contribution in [1.29, 1.82) is 0 Å². The molecule has 0 atom stereocenters. The molecule has 0 aromatic carbocycles. The molecule has 0 aliphatic rings. The van der Waals surface area contributed by atoms with Gasteiger partial charge in [0.25, 0.3) is 0 Å². The topological polar surface area (TPSA) is 0 Å². The summed E-state index contributed by atoms with van der Waals surface area (Å²) in [5.74, 6) is 0. The minimum atomic E-state index is -4.24. The lowest BCUT2D eigenvalue weighted by atomic mass is 10.3. The maximum atomic E-state index is 11.5. The highest BCUT2D eigenvalue weighted by atomic mass is 19.4. The van der Waals surface area contributed by atoms with Crippen LogP contribution in [0, 0.1) is 0 Å². The van der Waals surface area contributed by atoms with Crippen molar-refractivity contribution in [2.24, 2.45) is 0 Å². The summed E-state index contributed by atoms with van der Waals surface area (Å²) in [4.78, 5) is 0. The second-order valence-corrected chi connectivity index (χ2v) is 1.78. The molecule has 0 unspecified atom stereocenters. The van der Waals surface area contributed by atoms with Crippen LogP contribution in [0.3, 0.4) is 0 Å². The molecule has 0 heterocycles. The van der Waals surface area contributed by atoms with E-state index in [1.807, 2.05) is 0 Å². The molecule has 0 saturated carbocycles. The molecule has 0 radical (unpaired) electrons. The highest BCUT2D eigenvalue weighted by Crippen LogP contribution is 2.18. The van der Waals surface area contributed by atoms with Gasteiger partial charge in [0, 0.05) is 6.08 Å². The average molecular weight is 148 g/mol. The van der Waals surface area contributed by atoms with E-state index in [-0.39, 0.29) is 11.6 Å².